The molecule has 1 heterocycles. The molecular weight excluding hydrogens is 315 g/mol. The van der Waals surface area contributed by atoms with E-state index in [-0.39, 0.29) is 24.7 Å². The molecule has 0 amide bonds. The zero-order chi connectivity index (χ0) is 13.8. The molecule has 0 aliphatic heterocycles. The molecule has 0 spiro atoms. The Kier molecular flexibility index (Phi) is 4.31. The molecule has 0 aliphatic rings. The zero-order valence-corrected chi connectivity index (χ0v) is 11.9. The van der Waals surface area contributed by atoms with E-state index in [1.807, 2.05) is 0 Å². The summed E-state index contributed by atoms with van der Waals surface area (Å²) in [5, 5.41) is 4.09. The number of nitrogens with zero attached hydrogens (tertiary/aromatic N) is 2. The van der Waals surface area contributed by atoms with E-state index in [1.54, 1.807) is 31.3 Å². The van der Waals surface area contributed by atoms with E-state index >= 15 is 0 Å². The summed E-state index contributed by atoms with van der Waals surface area (Å²) in [7, 11) is 0. The van der Waals surface area contributed by atoms with E-state index < -0.39 is 5.97 Å². The first kappa shape index (κ1) is 13.7. The van der Waals surface area contributed by atoms with Gasteiger partial charge in [-0.3, -0.25) is 4.68 Å². The SMILES string of the molecule is CCOC(=O)c1nn(Cc2ccccc2F)cc1Br. The maximum absolute atomic E-state index is 13.5. The summed E-state index contributed by atoms with van der Waals surface area (Å²) >= 11 is 3.24. The van der Waals surface area contributed by atoms with Crippen molar-refractivity contribution >= 4 is 21.9 Å². The molecule has 2 rings (SSSR count). The maximum Gasteiger partial charge on any atom is 0.360 e. The Labute approximate surface area is 118 Å². The second-order valence-corrected chi connectivity index (χ2v) is 4.69. The van der Waals surface area contributed by atoms with Gasteiger partial charge in [-0.25, -0.2) is 9.18 Å². The minimum atomic E-state index is -0.498. The summed E-state index contributed by atoms with van der Waals surface area (Å²) in [6, 6.07) is 6.44. The van der Waals surface area contributed by atoms with Gasteiger partial charge in [-0.2, -0.15) is 5.10 Å². The fraction of sp³-hybridized carbons (Fsp3) is 0.231. The van der Waals surface area contributed by atoms with Crippen LogP contribution in [0.15, 0.2) is 34.9 Å². The lowest BCUT2D eigenvalue weighted by atomic mass is 10.2. The molecule has 100 valence electrons. The zero-order valence-electron chi connectivity index (χ0n) is 10.3. The summed E-state index contributed by atoms with van der Waals surface area (Å²) in [5.41, 5.74) is 0.700. The van der Waals surface area contributed by atoms with Crippen LogP contribution in [0.2, 0.25) is 0 Å². The van der Waals surface area contributed by atoms with Crippen molar-refractivity contribution in [3.05, 3.63) is 52.0 Å². The van der Waals surface area contributed by atoms with Crippen molar-refractivity contribution in [3.63, 3.8) is 0 Å². The van der Waals surface area contributed by atoms with Crippen LogP contribution in [0.3, 0.4) is 0 Å². The van der Waals surface area contributed by atoms with Crippen molar-refractivity contribution in [3.8, 4) is 0 Å². The third kappa shape index (κ3) is 3.20. The van der Waals surface area contributed by atoms with E-state index in [1.165, 1.54) is 10.7 Å². The first-order chi connectivity index (χ1) is 9.11. The molecule has 0 saturated carbocycles. The molecule has 4 nitrogen and oxygen atoms in total. The fourth-order valence-electron chi connectivity index (χ4n) is 1.62. The van der Waals surface area contributed by atoms with E-state index in [9.17, 15) is 9.18 Å². The van der Waals surface area contributed by atoms with Crippen LogP contribution in [0.5, 0.6) is 0 Å². The lowest BCUT2D eigenvalue weighted by Gasteiger charge is -2.03. The predicted octanol–water partition coefficient (Wildman–Crippen LogP) is 3.01. The quantitative estimate of drug-likeness (QED) is 0.811. The van der Waals surface area contributed by atoms with Gasteiger partial charge in [0.15, 0.2) is 5.69 Å². The van der Waals surface area contributed by atoms with Gasteiger partial charge in [0.1, 0.15) is 5.82 Å². The van der Waals surface area contributed by atoms with Crippen LogP contribution < -0.4 is 0 Å². The van der Waals surface area contributed by atoms with Crippen molar-refractivity contribution < 1.29 is 13.9 Å². The van der Waals surface area contributed by atoms with Gasteiger partial charge in [0.05, 0.1) is 17.6 Å². The molecule has 0 N–H and O–H groups in total. The van der Waals surface area contributed by atoms with Crippen molar-refractivity contribution in [2.45, 2.75) is 13.5 Å². The van der Waals surface area contributed by atoms with E-state index in [4.69, 9.17) is 4.74 Å². The van der Waals surface area contributed by atoms with Crippen molar-refractivity contribution in [2.75, 3.05) is 6.61 Å². The van der Waals surface area contributed by atoms with E-state index in [0.29, 0.717) is 10.0 Å². The van der Waals surface area contributed by atoms with Crippen LogP contribution in [0, 0.1) is 5.82 Å². The third-order valence-electron chi connectivity index (χ3n) is 2.48. The van der Waals surface area contributed by atoms with Crippen LogP contribution in [0.4, 0.5) is 4.39 Å². The second-order valence-electron chi connectivity index (χ2n) is 3.84. The lowest BCUT2D eigenvalue weighted by Crippen LogP contribution is -2.08. The van der Waals surface area contributed by atoms with Gasteiger partial charge in [0.2, 0.25) is 0 Å². The Bertz CT molecular complexity index is 598. The van der Waals surface area contributed by atoms with Crippen LogP contribution in [0.25, 0.3) is 0 Å². The molecule has 1 aromatic heterocycles. The highest BCUT2D eigenvalue weighted by Gasteiger charge is 2.16. The molecule has 0 aliphatic carbocycles. The molecule has 0 unspecified atom stereocenters. The number of hydrogen-bond acceptors (Lipinski definition) is 3. The van der Waals surface area contributed by atoms with E-state index in [0.717, 1.165) is 0 Å². The van der Waals surface area contributed by atoms with Gasteiger partial charge in [0, 0.05) is 11.8 Å². The number of carbonyl (C=O) groups is 1. The van der Waals surface area contributed by atoms with Gasteiger partial charge < -0.3 is 4.74 Å². The summed E-state index contributed by atoms with van der Waals surface area (Å²) in [6.07, 6.45) is 1.62. The summed E-state index contributed by atoms with van der Waals surface area (Å²) in [5.74, 6) is -0.798. The summed E-state index contributed by atoms with van der Waals surface area (Å²) < 4.78 is 20.4. The molecule has 0 saturated heterocycles. The van der Waals surface area contributed by atoms with E-state index in [2.05, 4.69) is 21.0 Å². The summed E-state index contributed by atoms with van der Waals surface area (Å²) in [4.78, 5) is 11.6. The lowest BCUT2D eigenvalue weighted by molar-refractivity contribution is 0.0517. The monoisotopic (exact) mass is 326 g/mol. The van der Waals surface area contributed by atoms with Crippen LogP contribution in [0.1, 0.15) is 23.0 Å². The van der Waals surface area contributed by atoms with Gasteiger partial charge >= 0.3 is 5.97 Å². The minimum Gasteiger partial charge on any atom is -0.461 e. The van der Waals surface area contributed by atoms with Crippen molar-refractivity contribution in [2.24, 2.45) is 0 Å². The molecule has 6 heteroatoms. The molecule has 19 heavy (non-hydrogen) atoms. The highest BCUT2D eigenvalue weighted by molar-refractivity contribution is 9.10. The Hall–Kier alpha value is -1.69. The number of hydrogen-bond donors (Lipinski definition) is 0. The minimum absolute atomic E-state index is 0.193. The van der Waals surface area contributed by atoms with Gasteiger partial charge in [-0.05, 0) is 28.9 Å². The molecule has 0 fully saturated rings. The smallest absolute Gasteiger partial charge is 0.360 e. The Morgan fingerprint density at radius 1 is 1.47 bits per heavy atom. The number of carbonyl (C=O) groups excluding carboxylic acids is 1. The van der Waals surface area contributed by atoms with Gasteiger partial charge in [0.25, 0.3) is 0 Å². The average molecular weight is 327 g/mol. The van der Waals surface area contributed by atoms with Gasteiger partial charge in [-0.1, -0.05) is 18.2 Å². The number of benzene rings is 1. The first-order valence-corrected chi connectivity index (χ1v) is 6.54. The number of ether oxygens (including phenoxy) is 1. The molecule has 0 atom stereocenters. The predicted molar refractivity (Wildman–Crippen MR) is 71.4 cm³/mol. The van der Waals surface area contributed by atoms with Gasteiger partial charge in [-0.15, -0.1) is 0 Å². The highest BCUT2D eigenvalue weighted by Crippen LogP contribution is 2.17. The van der Waals surface area contributed by atoms with Crippen LogP contribution >= 0.6 is 15.9 Å². The maximum atomic E-state index is 13.5. The Morgan fingerprint density at radius 2 is 2.21 bits per heavy atom. The van der Waals surface area contributed by atoms with Crippen LogP contribution in [-0.2, 0) is 11.3 Å². The molecule has 1 aromatic carbocycles. The Morgan fingerprint density at radius 3 is 2.89 bits per heavy atom. The molecule has 0 bridgehead atoms. The largest absolute Gasteiger partial charge is 0.461 e. The molecule has 2 aromatic rings. The third-order valence-corrected chi connectivity index (χ3v) is 3.06. The first-order valence-electron chi connectivity index (χ1n) is 5.75. The second kappa shape index (κ2) is 5.97. The van der Waals surface area contributed by atoms with Crippen LogP contribution in [-0.4, -0.2) is 22.4 Å². The summed E-state index contributed by atoms with van der Waals surface area (Å²) in [6.45, 7) is 2.26. The number of halogens is 2. The molecular formula is C13H12BrFN2O2. The number of esters is 1. The Balaban J connectivity index is 2.21. The normalized spacial score (nSPS) is 10.5. The van der Waals surface area contributed by atoms with Crippen molar-refractivity contribution in [1.29, 1.82) is 0 Å². The average Bonchev–Trinajstić information content (AvgIpc) is 2.74. The topological polar surface area (TPSA) is 44.1 Å². The molecule has 0 radical (unpaired) electrons. The standard InChI is InChI=1S/C13H12BrFN2O2/c1-2-19-13(18)12-10(14)8-17(16-12)7-9-5-3-4-6-11(9)15/h3-6,8H,2,7H2,1H3. The number of aromatic nitrogens is 2. The fourth-order valence-corrected chi connectivity index (χ4v) is 2.09. The highest BCUT2D eigenvalue weighted by atomic mass is 79.9. The number of rotatable bonds is 4. The van der Waals surface area contributed by atoms with Crippen molar-refractivity contribution in [1.82, 2.24) is 9.78 Å².